The van der Waals surface area contributed by atoms with Gasteiger partial charge in [-0.1, -0.05) is 13.8 Å². The molecule has 0 bridgehead atoms. The topological polar surface area (TPSA) is 119 Å². The predicted molar refractivity (Wildman–Crippen MR) is 78.6 cm³/mol. The molecule has 0 aliphatic carbocycles. The lowest BCUT2D eigenvalue weighted by Crippen LogP contribution is -2.17. The van der Waals surface area contributed by atoms with Gasteiger partial charge in [0, 0.05) is 6.20 Å². The number of nitrogen functional groups attached to an aromatic ring is 1. The van der Waals surface area contributed by atoms with Gasteiger partial charge in [0.15, 0.2) is 0 Å². The molecule has 4 N–H and O–H groups in total. The molecule has 0 aliphatic rings. The van der Waals surface area contributed by atoms with Crippen LogP contribution in [0.15, 0.2) is 18.3 Å². The summed E-state index contributed by atoms with van der Waals surface area (Å²) in [7, 11) is 0. The number of hydrogen-bond acceptors (Lipinski definition) is 7. The number of anilines is 2. The Morgan fingerprint density at radius 3 is 2.52 bits per heavy atom. The van der Waals surface area contributed by atoms with Crippen molar-refractivity contribution < 1.29 is 4.79 Å². The highest BCUT2D eigenvalue weighted by Gasteiger charge is 2.11. The fourth-order valence-electron chi connectivity index (χ4n) is 1.78. The van der Waals surface area contributed by atoms with Crippen molar-refractivity contribution in [3.05, 3.63) is 35.3 Å². The predicted octanol–water partition coefficient (Wildman–Crippen LogP) is 0.929. The molecule has 1 amide bonds. The van der Waals surface area contributed by atoms with E-state index in [-0.39, 0.29) is 11.9 Å². The number of pyridine rings is 1. The zero-order valence-corrected chi connectivity index (χ0v) is 11.9. The van der Waals surface area contributed by atoms with Crippen LogP contribution in [0.3, 0.4) is 0 Å². The smallest absolute Gasteiger partial charge is 0.259 e. The summed E-state index contributed by atoms with van der Waals surface area (Å²) in [5.74, 6) is 5.54. The zero-order valence-electron chi connectivity index (χ0n) is 11.9. The van der Waals surface area contributed by atoms with Crippen molar-refractivity contribution in [2.75, 3.05) is 10.7 Å². The number of nitrogens with zero attached hydrogens (tertiary/aromatic N) is 4. The minimum Gasteiger partial charge on any atom is -0.308 e. The summed E-state index contributed by atoms with van der Waals surface area (Å²) in [6.45, 7) is 3.97. The first-order valence-electron chi connectivity index (χ1n) is 6.64. The summed E-state index contributed by atoms with van der Waals surface area (Å²) in [5, 5.41) is 10.6. The Bertz CT molecular complexity index is 627. The third kappa shape index (κ3) is 3.48. The SMILES string of the molecule is CCc1nnc(NC(=O)c2ccc(NN)nc2)nc1CC. The molecule has 0 aliphatic heterocycles. The highest BCUT2D eigenvalue weighted by molar-refractivity contribution is 6.03. The maximum absolute atomic E-state index is 12.1. The highest BCUT2D eigenvalue weighted by atomic mass is 16.1. The molecule has 2 aromatic heterocycles. The fourth-order valence-corrected chi connectivity index (χ4v) is 1.78. The number of amides is 1. The third-order valence-corrected chi connectivity index (χ3v) is 2.91. The summed E-state index contributed by atoms with van der Waals surface area (Å²) in [5.41, 5.74) is 4.46. The molecule has 0 saturated carbocycles. The summed E-state index contributed by atoms with van der Waals surface area (Å²) in [4.78, 5) is 20.3. The molecule has 21 heavy (non-hydrogen) atoms. The van der Waals surface area contributed by atoms with Gasteiger partial charge < -0.3 is 5.43 Å². The van der Waals surface area contributed by atoms with E-state index in [1.54, 1.807) is 12.1 Å². The number of hydrazine groups is 1. The van der Waals surface area contributed by atoms with Crippen LogP contribution in [-0.4, -0.2) is 26.1 Å². The minimum absolute atomic E-state index is 0.190. The maximum Gasteiger partial charge on any atom is 0.259 e. The Morgan fingerprint density at radius 2 is 1.95 bits per heavy atom. The van der Waals surface area contributed by atoms with Crippen molar-refractivity contribution in [3.63, 3.8) is 0 Å². The Labute approximate surface area is 122 Å². The number of rotatable bonds is 5. The third-order valence-electron chi connectivity index (χ3n) is 2.91. The second-order valence-corrected chi connectivity index (χ2v) is 4.27. The van der Waals surface area contributed by atoms with Gasteiger partial charge in [-0.3, -0.25) is 10.1 Å². The lowest BCUT2D eigenvalue weighted by molar-refractivity contribution is 0.102. The average Bonchev–Trinajstić information content (AvgIpc) is 2.54. The number of hydrogen-bond donors (Lipinski definition) is 3. The molecule has 0 fully saturated rings. The van der Waals surface area contributed by atoms with Gasteiger partial charge in [0.05, 0.1) is 17.0 Å². The number of aromatic nitrogens is 4. The van der Waals surface area contributed by atoms with Gasteiger partial charge in [-0.25, -0.2) is 15.8 Å². The van der Waals surface area contributed by atoms with Crippen LogP contribution in [0.1, 0.15) is 35.6 Å². The van der Waals surface area contributed by atoms with Crippen molar-refractivity contribution in [1.29, 1.82) is 0 Å². The van der Waals surface area contributed by atoms with Crippen LogP contribution in [0.2, 0.25) is 0 Å². The van der Waals surface area contributed by atoms with Gasteiger partial charge in [-0.15, -0.1) is 10.2 Å². The molecule has 110 valence electrons. The van der Waals surface area contributed by atoms with E-state index < -0.39 is 0 Å². The molecular weight excluding hydrogens is 270 g/mol. The number of nitrogens with two attached hydrogens (primary N) is 1. The number of aryl methyl sites for hydroxylation is 2. The molecule has 0 saturated heterocycles. The van der Waals surface area contributed by atoms with Crippen LogP contribution >= 0.6 is 0 Å². The van der Waals surface area contributed by atoms with Gasteiger partial charge in [0.25, 0.3) is 5.91 Å². The molecular formula is C13H17N7O. The van der Waals surface area contributed by atoms with Crippen LogP contribution in [0, 0.1) is 0 Å². The van der Waals surface area contributed by atoms with Crippen LogP contribution in [0.5, 0.6) is 0 Å². The first-order valence-corrected chi connectivity index (χ1v) is 6.64. The Morgan fingerprint density at radius 1 is 1.19 bits per heavy atom. The second kappa shape index (κ2) is 6.71. The minimum atomic E-state index is -0.348. The van der Waals surface area contributed by atoms with Crippen LogP contribution in [-0.2, 0) is 12.8 Å². The molecule has 8 nitrogen and oxygen atoms in total. The fraction of sp³-hybridized carbons (Fsp3) is 0.308. The van der Waals surface area contributed by atoms with Crippen molar-refractivity contribution in [2.24, 2.45) is 5.84 Å². The Kier molecular flexibility index (Phi) is 4.72. The number of carbonyl (C=O) groups is 1. The van der Waals surface area contributed by atoms with Gasteiger partial charge in [-0.05, 0) is 25.0 Å². The molecule has 0 unspecified atom stereocenters. The summed E-state index contributed by atoms with van der Waals surface area (Å²) >= 11 is 0. The lowest BCUT2D eigenvalue weighted by atomic mass is 10.2. The molecule has 0 atom stereocenters. The summed E-state index contributed by atoms with van der Waals surface area (Å²) < 4.78 is 0. The van der Waals surface area contributed by atoms with E-state index in [2.05, 4.69) is 30.9 Å². The van der Waals surface area contributed by atoms with Crippen LogP contribution in [0.4, 0.5) is 11.8 Å². The largest absolute Gasteiger partial charge is 0.308 e. The standard InChI is InChI=1S/C13H17N7O/c1-3-9-10(4-2)19-20-13(16-9)17-12(21)8-5-6-11(18-14)15-7-8/h5-7H,3-4,14H2,1-2H3,(H,15,18)(H,16,17,20,21). The maximum atomic E-state index is 12.1. The van der Waals surface area contributed by atoms with Gasteiger partial charge in [0.2, 0.25) is 5.95 Å². The Hall–Kier alpha value is -2.61. The zero-order chi connectivity index (χ0) is 15.2. The Balaban J connectivity index is 2.14. The van der Waals surface area contributed by atoms with Crippen LogP contribution < -0.4 is 16.6 Å². The highest BCUT2D eigenvalue weighted by Crippen LogP contribution is 2.09. The molecule has 2 heterocycles. The first kappa shape index (κ1) is 14.8. The van der Waals surface area contributed by atoms with Crippen molar-refractivity contribution in [2.45, 2.75) is 26.7 Å². The monoisotopic (exact) mass is 287 g/mol. The van der Waals surface area contributed by atoms with Crippen molar-refractivity contribution >= 4 is 17.7 Å². The van der Waals surface area contributed by atoms with E-state index in [1.165, 1.54) is 6.20 Å². The molecule has 0 aromatic carbocycles. The van der Waals surface area contributed by atoms with Crippen LogP contribution in [0.25, 0.3) is 0 Å². The molecule has 8 heteroatoms. The van der Waals surface area contributed by atoms with Gasteiger partial charge in [-0.2, -0.15) is 0 Å². The summed E-state index contributed by atoms with van der Waals surface area (Å²) in [6.07, 6.45) is 2.91. The number of carbonyl (C=O) groups excluding carboxylic acids is 1. The normalized spacial score (nSPS) is 10.2. The quantitative estimate of drug-likeness (QED) is 0.552. The van der Waals surface area contributed by atoms with Crippen molar-refractivity contribution in [3.8, 4) is 0 Å². The van der Waals surface area contributed by atoms with E-state index in [1.807, 2.05) is 13.8 Å². The molecule has 2 rings (SSSR count). The van der Waals surface area contributed by atoms with E-state index in [0.29, 0.717) is 11.4 Å². The van der Waals surface area contributed by atoms with E-state index in [0.717, 1.165) is 24.2 Å². The summed E-state index contributed by atoms with van der Waals surface area (Å²) in [6, 6.07) is 3.21. The van der Waals surface area contributed by atoms with Gasteiger partial charge in [0.1, 0.15) is 5.82 Å². The first-order chi connectivity index (χ1) is 10.2. The van der Waals surface area contributed by atoms with E-state index in [4.69, 9.17) is 5.84 Å². The second-order valence-electron chi connectivity index (χ2n) is 4.27. The average molecular weight is 287 g/mol. The molecule has 2 aromatic rings. The van der Waals surface area contributed by atoms with Gasteiger partial charge >= 0.3 is 0 Å². The molecule has 0 radical (unpaired) electrons. The number of nitrogens with one attached hydrogen (secondary N) is 2. The van der Waals surface area contributed by atoms with Crippen molar-refractivity contribution in [1.82, 2.24) is 20.2 Å². The lowest BCUT2D eigenvalue weighted by Gasteiger charge is -2.07. The van der Waals surface area contributed by atoms with E-state index >= 15 is 0 Å². The van der Waals surface area contributed by atoms with E-state index in [9.17, 15) is 4.79 Å². The molecule has 0 spiro atoms.